The van der Waals surface area contributed by atoms with Gasteiger partial charge in [-0.1, -0.05) is 6.07 Å². The van der Waals surface area contributed by atoms with Crippen LogP contribution in [0.25, 0.3) is 11.5 Å². The predicted octanol–water partition coefficient (Wildman–Crippen LogP) is 3.82. The lowest BCUT2D eigenvalue weighted by Crippen LogP contribution is -2.22. The van der Waals surface area contributed by atoms with Crippen LogP contribution in [0, 0.1) is 18.3 Å². The fourth-order valence-electron chi connectivity index (χ4n) is 3.24. The van der Waals surface area contributed by atoms with E-state index in [9.17, 15) is 13.2 Å². The molecule has 2 aromatic carbocycles. The van der Waals surface area contributed by atoms with Crippen LogP contribution in [0.3, 0.4) is 0 Å². The first-order valence-electron chi connectivity index (χ1n) is 10.3. The Labute approximate surface area is 196 Å². The normalized spacial score (nSPS) is 11.1. The molecule has 0 aliphatic heterocycles. The number of aromatic nitrogens is 2. The topological polar surface area (TPSA) is 126 Å². The summed E-state index contributed by atoms with van der Waals surface area (Å²) in [7, 11) is -3.67. The average molecular weight is 473 g/mol. The molecule has 0 saturated heterocycles. The highest BCUT2D eigenvalue weighted by atomic mass is 32.2. The van der Waals surface area contributed by atoms with Crippen molar-refractivity contribution < 1.29 is 17.6 Å². The van der Waals surface area contributed by atoms with Crippen molar-refractivity contribution in [2.45, 2.75) is 24.1 Å². The summed E-state index contributed by atoms with van der Waals surface area (Å²) < 4.78 is 31.2. The van der Waals surface area contributed by atoms with Gasteiger partial charge in [0.1, 0.15) is 11.5 Å². The van der Waals surface area contributed by atoms with E-state index in [0.29, 0.717) is 34.7 Å². The van der Waals surface area contributed by atoms with Crippen molar-refractivity contribution in [2.75, 3.05) is 0 Å². The van der Waals surface area contributed by atoms with Gasteiger partial charge < -0.3 is 9.73 Å². The second-order valence-electron chi connectivity index (χ2n) is 7.54. The zero-order valence-corrected chi connectivity index (χ0v) is 19.0. The molecule has 1 amide bonds. The number of rotatable bonds is 7. The summed E-state index contributed by atoms with van der Waals surface area (Å²) in [5, 5.41) is 11.7. The van der Waals surface area contributed by atoms with Gasteiger partial charge in [-0.25, -0.2) is 13.4 Å². The monoisotopic (exact) mass is 472 g/mol. The van der Waals surface area contributed by atoms with Crippen LogP contribution >= 0.6 is 0 Å². The molecule has 8 nitrogen and oxygen atoms in total. The summed E-state index contributed by atoms with van der Waals surface area (Å²) in [5.74, 6) is 0.104. The number of nitrogens with zero attached hydrogens (tertiary/aromatic N) is 3. The van der Waals surface area contributed by atoms with Gasteiger partial charge in [-0.15, -0.1) is 0 Å². The van der Waals surface area contributed by atoms with Crippen molar-refractivity contribution in [3.63, 3.8) is 0 Å². The largest absolute Gasteiger partial charge is 0.441 e. The van der Waals surface area contributed by atoms with E-state index in [2.05, 4.69) is 15.3 Å². The molecule has 0 aliphatic carbocycles. The maximum absolute atomic E-state index is 12.8. The molecule has 0 aliphatic rings. The number of hydrogen-bond donors (Lipinski definition) is 1. The number of amides is 1. The minimum absolute atomic E-state index is 0.108. The maximum atomic E-state index is 12.8. The van der Waals surface area contributed by atoms with Gasteiger partial charge in [-0.3, -0.25) is 9.78 Å². The van der Waals surface area contributed by atoms with Gasteiger partial charge in [-0.05, 0) is 67.1 Å². The number of hydrogen-bond acceptors (Lipinski definition) is 7. The van der Waals surface area contributed by atoms with Gasteiger partial charge in [0.2, 0.25) is 5.89 Å². The van der Waals surface area contributed by atoms with E-state index >= 15 is 0 Å². The highest BCUT2D eigenvalue weighted by Crippen LogP contribution is 2.25. The van der Waals surface area contributed by atoms with Crippen molar-refractivity contribution in [1.29, 1.82) is 5.26 Å². The van der Waals surface area contributed by atoms with Gasteiger partial charge in [0.15, 0.2) is 9.84 Å². The number of oxazole rings is 1. The van der Waals surface area contributed by atoms with Crippen LogP contribution in [0.1, 0.15) is 32.9 Å². The first-order chi connectivity index (χ1) is 16.4. The molecule has 1 N–H and O–H groups in total. The molecule has 0 bridgehead atoms. The molecule has 170 valence electrons. The molecular formula is C25H20N4O4S. The van der Waals surface area contributed by atoms with E-state index in [1.807, 2.05) is 12.1 Å². The van der Waals surface area contributed by atoms with Crippen LogP contribution in [0.15, 0.2) is 82.4 Å². The molecule has 2 heterocycles. The number of nitriles is 1. The molecule has 4 aromatic rings. The molecule has 34 heavy (non-hydrogen) atoms. The second kappa shape index (κ2) is 9.68. The average Bonchev–Trinajstić information content (AvgIpc) is 3.22. The smallest absolute Gasteiger partial charge is 0.251 e. The number of aryl methyl sites for hydroxylation is 1. The highest BCUT2D eigenvalue weighted by molar-refractivity contribution is 7.90. The fraction of sp³-hybridized carbons (Fsp3) is 0.120. The molecule has 0 saturated carbocycles. The number of nitrogens with one attached hydrogen (secondary N) is 1. The molecular weight excluding hydrogens is 452 g/mol. The maximum Gasteiger partial charge on any atom is 0.251 e. The van der Waals surface area contributed by atoms with E-state index in [-0.39, 0.29) is 22.4 Å². The Kier molecular flexibility index (Phi) is 6.52. The zero-order chi connectivity index (χ0) is 24.1. The van der Waals surface area contributed by atoms with Crippen molar-refractivity contribution in [3.05, 3.63) is 101 Å². The quantitative estimate of drug-likeness (QED) is 0.433. The van der Waals surface area contributed by atoms with E-state index in [1.54, 1.807) is 49.6 Å². The highest BCUT2D eigenvalue weighted by Gasteiger charge is 2.21. The molecule has 0 unspecified atom stereocenters. The first kappa shape index (κ1) is 22.9. The summed E-state index contributed by atoms with van der Waals surface area (Å²) >= 11 is 0. The lowest BCUT2D eigenvalue weighted by Gasteiger charge is -2.05. The SMILES string of the molecule is Cc1oc(-c2ccc(C(=O)NCc3cccnc3)cc2)nc1CS(=O)(=O)c1ccc(C#N)cc1. The second-order valence-corrected chi connectivity index (χ2v) is 9.53. The number of sulfone groups is 1. The Bertz CT molecular complexity index is 1450. The Morgan fingerprint density at radius 1 is 1.09 bits per heavy atom. The van der Waals surface area contributed by atoms with Crippen LogP contribution in [-0.4, -0.2) is 24.3 Å². The van der Waals surface area contributed by atoms with Crippen molar-refractivity contribution in [2.24, 2.45) is 0 Å². The van der Waals surface area contributed by atoms with Crippen LogP contribution in [0.4, 0.5) is 0 Å². The Hall–Kier alpha value is -4.29. The van der Waals surface area contributed by atoms with Gasteiger partial charge in [-0.2, -0.15) is 5.26 Å². The number of pyridine rings is 1. The summed E-state index contributed by atoms with van der Waals surface area (Å²) in [6.45, 7) is 2.02. The zero-order valence-electron chi connectivity index (χ0n) is 18.2. The molecule has 0 radical (unpaired) electrons. The van der Waals surface area contributed by atoms with E-state index in [4.69, 9.17) is 9.68 Å². The number of carbonyl (C=O) groups is 1. The van der Waals surface area contributed by atoms with Crippen LogP contribution in [0.2, 0.25) is 0 Å². The molecule has 0 fully saturated rings. The minimum atomic E-state index is -3.67. The van der Waals surface area contributed by atoms with E-state index < -0.39 is 9.84 Å². The van der Waals surface area contributed by atoms with Crippen molar-refractivity contribution in [3.8, 4) is 17.5 Å². The summed E-state index contributed by atoms with van der Waals surface area (Å²) in [5.41, 5.74) is 2.67. The van der Waals surface area contributed by atoms with Gasteiger partial charge in [0, 0.05) is 30.1 Å². The van der Waals surface area contributed by atoms with Gasteiger partial charge in [0.05, 0.1) is 22.2 Å². The summed E-state index contributed by atoms with van der Waals surface area (Å²) in [6, 6.07) is 18.1. The third kappa shape index (κ3) is 5.19. The molecule has 2 aromatic heterocycles. The van der Waals surface area contributed by atoms with Gasteiger partial charge >= 0.3 is 0 Å². The summed E-state index contributed by atoms with van der Waals surface area (Å²) in [4.78, 5) is 20.9. The molecule has 4 rings (SSSR count). The Morgan fingerprint density at radius 2 is 1.82 bits per heavy atom. The predicted molar refractivity (Wildman–Crippen MR) is 124 cm³/mol. The van der Waals surface area contributed by atoms with Crippen LogP contribution < -0.4 is 5.32 Å². The van der Waals surface area contributed by atoms with E-state index in [0.717, 1.165) is 5.56 Å². The van der Waals surface area contributed by atoms with Crippen LogP contribution in [0.5, 0.6) is 0 Å². The van der Waals surface area contributed by atoms with E-state index in [1.165, 1.54) is 24.3 Å². The Morgan fingerprint density at radius 3 is 2.47 bits per heavy atom. The van der Waals surface area contributed by atoms with Crippen molar-refractivity contribution >= 4 is 15.7 Å². The standard InChI is InChI=1S/C25H20N4O4S/c1-17-23(16-34(31,32)22-10-4-18(13-26)5-11-22)29-25(33-17)21-8-6-20(7-9-21)24(30)28-15-19-3-2-12-27-14-19/h2-12,14H,15-16H2,1H3,(H,28,30). The lowest BCUT2D eigenvalue weighted by molar-refractivity contribution is 0.0951. The third-order valence-electron chi connectivity index (χ3n) is 5.13. The number of carbonyl (C=O) groups excluding carboxylic acids is 1. The summed E-state index contributed by atoms with van der Waals surface area (Å²) in [6.07, 6.45) is 3.36. The molecule has 0 spiro atoms. The first-order valence-corrected chi connectivity index (χ1v) is 12.0. The lowest BCUT2D eigenvalue weighted by atomic mass is 10.1. The van der Waals surface area contributed by atoms with Crippen LogP contribution in [-0.2, 0) is 22.1 Å². The number of benzene rings is 2. The van der Waals surface area contributed by atoms with Crippen molar-refractivity contribution in [1.82, 2.24) is 15.3 Å². The Balaban J connectivity index is 1.46. The molecule has 9 heteroatoms. The molecule has 0 atom stereocenters. The van der Waals surface area contributed by atoms with Gasteiger partial charge in [0.25, 0.3) is 5.91 Å². The third-order valence-corrected chi connectivity index (χ3v) is 6.78. The minimum Gasteiger partial charge on any atom is -0.441 e. The fourth-order valence-corrected chi connectivity index (χ4v) is 4.58.